The predicted molar refractivity (Wildman–Crippen MR) is 108 cm³/mol. The summed E-state index contributed by atoms with van der Waals surface area (Å²) in [6.07, 6.45) is 0.380. The van der Waals surface area contributed by atoms with E-state index in [4.69, 9.17) is 14.7 Å². The molecule has 30 heavy (non-hydrogen) atoms. The van der Waals surface area contributed by atoms with Crippen LogP contribution in [0, 0.1) is 11.3 Å². The van der Waals surface area contributed by atoms with Gasteiger partial charge < -0.3 is 14.4 Å². The number of urea groups is 1. The van der Waals surface area contributed by atoms with E-state index in [0.29, 0.717) is 30.5 Å². The molecule has 0 saturated carbocycles. The number of hydrazine groups is 1. The van der Waals surface area contributed by atoms with E-state index < -0.39 is 29.7 Å². The van der Waals surface area contributed by atoms with Crippen LogP contribution in [-0.4, -0.2) is 52.8 Å². The molecule has 0 radical (unpaired) electrons. The van der Waals surface area contributed by atoms with E-state index in [2.05, 4.69) is 5.43 Å². The minimum Gasteiger partial charge on any atom is -0.464 e. The van der Waals surface area contributed by atoms with E-state index in [1.165, 1.54) is 4.90 Å². The van der Waals surface area contributed by atoms with Gasteiger partial charge in [-0.2, -0.15) is 5.26 Å². The van der Waals surface area contributed by atoms with Crippen molar-refractivity contribution >= 4 is 18.1 Å². The maximum Gasteiger partial charge on any atom is 0.426 e. The summed E-state index contributed by atoms with van der Waals surface area (Å²) in [4.78, 5) is 39.2. The van der Waals surface area contributed by atoms with E-state index in [9.17, 15) is 14.4 Å². The lowest BCUT2D eigenvalue weighted by Gasteiger charge is -2.31. The number of carbonyl (C=O) groups excluding carboxylic acids is 3. The van der Waals surface area contributed by atoms with Crippen molar-refractivity contribution in [3.8, 4) is 6.07 Å². The number of benzene rings is 1. The van der Waals surface area contributed by atoms with E-state index in [-0.39, 0.29) is 13.2 Å². The molecule has 1 aromatic rings. The summed E-state index contributed by atoms with van der Waals surface area (Å²) in [5.41, 5.74) is 2.93. The molecule has 0 aliphatic carbocycles. The molecule has 9 nitrogen and oxygen atoms in total. The van der Waals surface area contributed by atoms with Crippen molar-refractivity contribution in [1.82, 2.24) is 15.3 Å². The Labute approximate surface area is 176 Å². The molecule has 1 aliphatic heterocycles. The van der Waals surface area contributed by atoms with Gasteiger partial charge in [0.15, 0.2) is 0 Å². The third kappa shape index (κ3) is 6.37. The van der Waals surface area contributed by atoms with Crippen molar-refractivity contribution in [3.05, 3.63) is 35.4 Å². The number of rotatable bonds is 4. The normalized spacial score (nSPS) is 15.8. The average Bonchev–Trinajstić information content (AvgIpc) is 3.16. The molecule has 0 spiro atoms. The van der Waals surface area contributed by atoms with Crippen molar-refractivity contribution in [3.63, 3.8) is 0 Å². The first-order valence-electron chi connectivity index (χ1n) is 9.88. The maximum absolute atomic E-state index is 13.2. The fraction of sp³-hybridized carbons (Fsp3) is 0.524. The highest BCUT2D eigenvalue weighted by atomic mass is 16.6. The lowest BCUT2D eigenvalue weighted by Crippen LogP contribution is -2.55. The van der Waals surface area contributed by atoms with Crippen LogP contribution in [0.25, 0.3) is 0 Å². The Bertz CT molecular complexity index is 810. The van der Waals surface area contributed by atoms with Crippen LogP contribution in [0.1, 0.15) is 51.7 Å². The van der Waals surface area contributed by atoms with Gasteiger partial charge in [-0.3, -0.25) is 0 Å². The van der Waals surface area contributed by atoms with E-state index in [1.54, 1.807) is 52.0 Å². The van der Waals surface area contributed by atoms with Gasteiger partial charge >= 0.3 is 18.1 Å². The van der Waals surface area contributed by atoms with E-state index in [0.717, 1.165) is 5.01 Å². The molecule has 0 aromatic heterocycles. The summed E-state index contributed by atoms with van der Waals surface area (Å²) in [6, 6.07) is 7.46. The van der Waals surface area contributed by atoms with Crippen molar-refractivity contribution in [2.45, 2.75) is 58.7 Å². The van der Waals surface area contributed by atoms with Crippen LogP contribution in [0.2, 0.25) is 0 Å². The molecule has 1 unspecified atom stereocenters. The number of amides is 3. The molecule has 1 saturated heterocycles. The fourth-order valence-electron chi connectivity index (χ4n) is 3.07. The number of nitriles is 1. The summed E-state index contributed by atoms with van der Waals surface area (Å²) in [6.45, 7) is 7.50. The maximum atomic E-state index is 13.2. The molecule has 1 fully saturated rings. The Kier molecular flexibility index (Phi) is 7.64. The summed E-state index contributed by atoms with van der Waals surface area (Å²) in [5, 5.41) is 10.1. The van der Waals surface area contributed by atoms with Gasteiger partial charge in [0.2, 0.25) is 0 Å². The van der Waals surface area contributed by atoms with Gasteiger partial charge in [0.05, 0.1) is 24.8 Å². The van der Waals surface area contributed by atoms with Crippen LogP contribution < -0.4 is 5.43 Å². The van der Waals surface area contributed by atoms with Crippen LogP contribution >= 0.6 is 0 Å². The van der Waals surface area contributed by atoms with Crippen LogP contribution in [0.15, 0.2) is 24.3 Å². The molecule has 1 N–H and O–H groups in total. The summed E-state index contributed by atoms with van der Waals surface area (Å²) in [7, 11) is 0. The second-order valence-corrected chi connectivity index (χ2v) is 7.89. The zero-order chi connectivity index (χ0) is 22.3. The fourth-order valence-corrected chi connectivity index (χ4v) is 3.07. The Morgan fingerprint density at radius 1 is 1.27 bits per heavy atom. The smallest absolute Gasteiger partial charge is 0.426 e. The largest absolute Gasteiger partial charge is 0.464 e. The molecule has 1 aromatic carbocycles. The monoisotopic (exact) mass is 416 g/mol. The molecule has 1 aliphatic rings. The summed E-state index contributed by atoms with van der Waals surface area (Å²) >= 11 is 0. The SMILES string of the molecule is CCOC(=O)C1CCCN1C(=O)N(Cc1ccc(C#N)cc1)NC(=O)OC(C)(C)C. The quantitative estimate of drug-likeness (QED) is 0.597. The number of carbonyl (C=O) groups is 3. The minimum absolute atomic E-state index is 0.0375. The molecule has 2 rings (SSSR count). The zero-order valence-electron chi connectivity index (χ0n) is 17.8. The van der Waals surface area contributed by atoms with Gasteiger partial charge in [0.1, 0.15) is 11.6 Å². The lowest BCUT2D eigenvalue weighted by molar-refractivity contribution is -0.147. The number of nitrogens with one attached hydrogen (secondary N) is 1. The second kappa shape index (κ2) is 9.96. The van der Waals surface area contributed by atoms with Crippen LogP contribution in [0.5, 0.6) is 0 Å². The highest BCUT2D eigenvalue weighted by molar-refractivity contribution is 5.85. The van der Waals surface area contributed by atoms with E-state index >= 15 is 0 Å². The first-order valence-corrected chi connectivity index (χ1v) is 9.88. The predicted octanol–water partition coefficient (Wildman–Crippen LogP) is 2.95. The second-order valence-electron chi connectivity index (χ2n) is 7.89. The van der Waals surface area contributed by atoms with Gasteiger partial charge in [-0.05, 0) is 58.2 Å². The minimum atomic E-state index is -0.781. The first-order chi connectivity index (χ1) is 14.1. The Hall–Kier alpha value is -3.28. The third-order valence-corrected chi connectivity index (χ3v) is 4.34. The van der Waals surface area contributed by atoms with E-state index in [1.807, 2.05) is 6.07 Å². The number of nitrogens with zero attached hydrogens (tertiary/aromatic N) is 3. The zero-order valence-corrected chi connectivity index (χ0v) is 17.8. The van der Waals surface area contributed by atoms with Crippen molar-refractivity contribution < 1.29 is 23.9 Å². The van der Waals surface area contributed by atoms with Crippen molar-refractivity contribution in [1.29, 1.82) is 5.26 Å². The lowest BCUT2D eigenvalue weighted by atomic mass is 10.1. The summed E-state index contributed by atoms with van der Waals surface area (Å²) in [5.74, 6) is -0.459. The molecule has 0 bridgehead atoms. The molecule has 1 heterocycles. The molecular weight excluding hydrogens is 388 g/mol. The number of likely N-dealkylation sites (tertiary alicyclic amines) is 1. The van der Waals surface area contributed by atoms with Gasteiger partial charge in [-0.15, -0.1) is 0 Å². The van der Waals surface area contributed by atoms with Crippen molar-refractivity contribution in [2.75, 3.05) is 13.2 Å². The van der Waals surface area contributed by atoms with Crippen LogP contribution in [0.4, 0.5) is 9.59 Å². The number of ether oxygens (including phenoxy) is 2. The highest BCUT2D eigenvalue weighted by Gasteiger charge is 2.38. The molecule has 162 valence electrons. The topological polar surface area (TPSA) is 112 Å². The molecule has 9 heteroatoms. The Balaban J connectivity index is 2.22. The van der Waals surface area contributed by atoms with Crippen LogP contribution in [-0.2, 0) is 20.8 Å². The Morgan fingerprint density at radius 2 is 1.93 bits per heavy atom. The average molecular weight is 416 g/mol. The van der Waals surface area contributed by atoms with Gasteiger partial charge in [-0.1, -0.05) is 12.1 Å². The van der Waals surface area contributed by atoms with Crippen LogP contribution in [0.3, 0.4) is 0 Å². The standard InChI is InChI=1S/C21H28N4O5/c1-5-29-18(26)17-7-6-12-24(17)20(28)25(23-19(27)30-21(2,3)4)14-16-10-8-15(13-22)9-11-16/h8-11,17H,5-7,12,14H2,1-4H3,(H,23,27). The third-order valence-electron chi connectivity index (χ3n) is 4.34. The first kappa shape index (κ1) is 23.0. The highest BCUT2D eigenvalue weighted by Crippen LogP contribution is 2.21. The summed E-state index contributed by atoms with van der Waals surface area (Å²) < 4.78 is 10.4. The van der Waals surface area contributed by atoms with Crippen molar-refractivity contribution in [2.24, 2.45) is 0 Å². The van der Waals surface area contributed by atoms with Gasteiger partial charge in [0.25, 0.3) is 0 Å². The van der Waals surface area contributed by atoms with Gasteiger partial charge in [0, 0.05) is 6.54 Å². The number of hydrogen-bond donors (Lipinski definition) is 1. The molecular formula is C21H28N4O5. The Morgan fingerprint density at radius 3 is 2.50 bits per heavy atom. The number of esters is 1. The molecule has 3 amide bonds. The van der Waals surface area contributed by atoms with Gasteiger partial charge in [-0.25, -0.2) is 24.8 Å². The molecule has 1 atom stereocenters. The number of hydrogen-bond acceptors (Lipinski definition) is 6.